The first kappa shape index (κ1) is 19.4. The highest BCUT2D eigenvalue weighted by Crippen LogP contribution is 2.28. The summed E-state index contributed by atoms with van der Waals surface area (Å²) >= 11 is 1.22. The van der Waals surface area contributed by atoms with Crippen LogP contribution in [0.5, 0.6) is 0 Å². The molecule has 2 aromatic rings. The molecule has 0 saturated carbocycles. The molecule has 4 rings (SSSR count). The van der Waals surface area contributed by atoms with Gasteiger partial charge in [-0.1, -0.05) is 6.92 Å². The van der Waals surface area contributed by atoms with E-state index in [0.717, 1.165) is 44.0 Å². The lowest BCUT2D eigenvalue weighted by Crippen LogP contribution is -2.45. The highest BCUT2D eigenvalue weighted by Gasteiger charge is 2.37. The van der Waals surface area contributed by atoms with E-state index < -0.39 is 10.0 Å². The average molecular weight is 423 g/mol. The maximum atomic E-state index is 12.9. The van der Waals surface area contributed by atoms with Gasteiger partial charge in [-0.15, -0.1) is 11.3 Å². The van der Waals surface area contributed by atoms with Gasteiger partial charge >= 0.3 is 0 Å². The molecule has 0 aliphatic carbocycles. The smallest absolute Gasteiger partial charge is 0.263 e. The summed E-state index contributed by atoms with van der Waals surface area (Å²) in [6, 6.07) is 6.43. The Balaban J connectivity index is 0.00000240. The first-order valence-electron chi connectivity index (χ1n) is 9.52. The molecule has 1 aromatic heterocycles. The fourth-order valence-electron chi connectivity index (χ4n) is 3.85. The number of rotatable bonds is 5. The van der Waals surface area contributed by atoms with E-state index in [0.29, 0.717) is 11.7 Å². The van der Waals surface area contributed by atoms with Gasteiger partial charge in [0.2, 0.25) is 5.91 Å². The SMILES string of the molecule is CC1CCN([C@H]2CCN(c3ccc(S(=O)(=O)Nc4nccs4)cc3)C2=O)CC1.[HH]. The zero-order chi connectivity index (χ0) is 19.7. The number of carbonyl (C=O) groups is 1. The Morgan fingerprint density at radius 3 is 2.50 bits per heavy atom. The second-order valence-electron chi connectivity index (χ2n) is 7.45. The predicted octanol–water partition coefficient (Wildman–Crippen LogP) is 3.03. The highest BCUT2D eigenvalue weighted by atomic mass is 32.2. The molecule has 1 amide bonds. The van der Waals surface area contributed by atoms with Gasteiger partial charge < -0.3 is 4.90 Å². The third-order valence-electron chi connectivity index (χ3n) is 5.55. The Bertz CT molecular complexity index is 927. The number of carbonyl (C=O) groups excluding carboxylic acids is 1. The number of aromatic nitrogens is 1. The lowest BCUT2D eigenvalue weighted by atomic mass is 9.97. The molecule has 1 atom stereocenters. The molecule has 2 aliphatic rings. The predicted molar refractivity (Wildman–Crippen MR) is 112 cm³/mol. The number of hydrogen-bond acceptors (Lipinski definition) is 6. The second kappa shape index (κ2) is 7.81. The lowest BCUT2D eigenvalue weighted by molar-refractivity contribution is -0.122. The number of amides is 1. The summed E-state index contributed by atoms with van der Waals surface area (Å²) in [6.07, 6.45) is 4.65. The number of nitrogens with one attached hydrogen (secondary N) is 1. The monoisotopic (exact) mass is 422 g/mol. The van der Waals surface area contributed by atoms with Crippen molar-refractivity contribution >= 4 is 38.1 Å². The van der Waals surface area contributed by atoms with Crippen LogP contribution in [0.2, 0.25) is 0 Å². The first-order valence-corrected chi connectivity index (χ1v) is 11.9. The average Bonchev–Trinajstić information content (AvgIpc) is 3.32. The van der Waals surface area contributed by atoms with Gasteiger partial charge in [0.25, 0.3) is 10.0 Å². The molecule has 2 saturated heterocycles. The molecule has 152 valence electrons. The molecule has 0 unspecified atom stereocenters. The number of hydrogen-bond donors (Lipinski definition) is 1. The Kier molecular flexibility index (Phi) is 5.39. The molecule has 3 heterocycles. The number of sulfonamides is 1. The number of piperidine rings is 1. The van der Waals surface area contributed by atoms with Crippen LogP contribution >= 0.6 is 11.3 Å². The van der Waals surface area contributed by atoms with Gasteiger partial charge in [0, 0.05) is 25.2 Å². The van der Waals surface area contributed by atoms with Gasteiger partial charge in [-0.2, -0.15) is 0 Å². The van der Waals surface area contributed by atoms with Gasteiger partial charge in [0.05, 0.1) is 10.9 Å². The van der Waals surface area contributed by atoms with Crippen molar-refractivity contribution in [2.45, 2.75) is 37.1 Å². The van der Waals surface area contributed by atoms with Gasteiger partial charge in [-0.25, -0.2) is 13.4 Å². The van der Waals surface area contributed by atoms with Gasteiger partial charge in [0.1, 0.15) is 0 Å². The Morgan fingerprint density at radius 1 is 1.14 bits per heavy atom. The Morgan fingerprint density at radius 2 is 1.86 bits per heavy atom. The zero-order valence-corrected chi connectivity index (χ0v) is 17.4. The fourth-order valence-corrected chi connectivity index (χ4v) is 5.64. The quantitative estimate of drug-likeness (QED) is 0.801. The van der Waals surface area contributed by atoms with Crippen LogP contribution in [0.25, 0.3) is 0 Å². The van der Waals surface area contributed by atoms with E-state index in [1.165, 1.54) is 23.5 Å². The summed E-state index contributed by atoms with van der Waals surface area (Å²) < 4.78 is 27.4. The summed E-state index contributed by atoms with van der Waals surface area (Å²) in [6.45, 7) is 4.88. The molecular weight excluding hydrogens is 396 g/mol. The van der Waals surface area contributed by atoms with E-state index in [1.807, 2.05) is 0 Å². The molecular formula is C19H26N4O3S2. The third-order valence-corrected chi connectivity index (χ3v) is 7.72. The minimum atomic E-state index is -3.68. The van der Waals surface area contributed by atoms with Crippen molar-refractivity contribution in [1.29, 1.82) is 0 Å². The normalized spacial score (nSPS) is 22.0. The van der Waals surface area contributed by atoms with Gasteiger partial charge in [-0.05, 0) is 62.5 Å². The molecule has 0 spiro atoms. The fraction of sp³-hybridized carbons (Fsp3) is 0.474. The van der Waals surface area contributed by atoms with Crippen molar-refractivity contribution in [3.8, 4) is 0 Å². The van der Waals surface area contributed by atoms with Crippen molar-refractivity contribution in [3.63, 3.8) is 0 Å². The largest absolute Gasteiger partial charge is 0.311 e. The standard InChI is InChI=1S/C19H24N4O3S2.H2/c1-14-6-10-22(11-7-14)17-8-12-23(18(17)24)15-2-4-16(5-3-15)28(25,26)21-19-20-9-13-27-19;/h2-5,9,13-14,17H,6-8,10-12H2,1H3,(H,20,21);1H/t17-;/m0./s1. The van der Waals surface area contributed by atoms with Gasteiger partial charge in [0.15, 0.2) is 5.13 Å². The van der Waals surface area contributed by atoms with Crippen molar-refractivity contribution in [2.75, 3.05) is 29.3 Å². The topological polar surface area (TPSA) is 82.6 Å². The van der Waals surface area contributed by atoms with Crippen LogP contribution in [0, 0.1) is 5.92 Å². The molecule has 2 fully saturated rings. The Hall–Kier alpha value is -1.97. The highest BCUT2D eigenvalue weighted by molar-refractivity contribution is 7.93. The summed E-state index contributed by atoms with van der Waals surface area (Å²) in [5.41, 5.74) is 0.742. The van der Waals surface area contributed by atoms with Crippen LogP contribution in [-0.2, 0) is 14.8 Å². The molecule has 0 bridgehead atoms. The number of nitrogens with zero attached hydrogens (tertiary/aromatic N) is 3. The van der Waals surface area contributed by atoms with E-state index in [1.54, 1.807) is 28.6 Å². The number of anilines is 2. The van der Waals surface area contributed by atoms with Crippen LogP contribution in [0.4, 0.5) is 10.8 Å². The summed E-state index contributed by atoms with van der Waals surface area (Å²) in [7, 11) is -3.68. The molecule has 7 nitrogen and oxygen atoms in total. The number of thiazole rings is 1. The zero-order valence-electron chi connectivity index (χ0n) is 15.7. The lowest BCUT2D eigenvalue weighted by Gasteiger charge is -2.33. The van der Waals surface area contributed by atoms with E-state index in [4.69, 9.17) is 0 Å². The summed E-state index contributed by atoms with van der Waals surface area (Å²) in [4.78, 5) is 21.1. The number of likely N-dealkylation sites (tertiary alicyclic amines) is 1. The van der Waals surface area contributed by atoms with E-state index in [9.17, 15) is 13.2 Å². The van der Waals surface area contributed by atoms with Crippen molar-refractivity contribution in [2.24, 2.45) is 5.92 Å². The molecule has 28 heavy (non-hydrogen) atoms. The molecule has 0 radical (unpaired) electrons. The molecule has 2 aliphatic heterocycles. The molecule has 9 heteroatoms. The third kappa shape index (κ3) is 3.92. The molecule has 1 N–H and O–H groups in total. The van der Waals surface area contributed by atoms with E-state index >= 15 is 0 Å². The van der Waals surface area contributed by atoms with E-state index in [-0.39, 0.29) is 18.3 Å². The van der Waals surface area contributed by atoms with Crippen LogP contribution < -0.4 is 9.62 Å². The van der Waals surface area contributed by atoms with Crippen LogP contribution in [-0.4, -0.2) is 49.9 Å². The first-order chi connectivity index (χ1) is 13.4. The van der Waals surface area contributed by atoms with Crippen molar-refractivity contribution in [1.82, 2.24) is 9.88 Å². The van der Waals surface area contributed by atoms with Crippen LogP contribution in [0.3, 0.4) is 0 Å². The van der Waals surface area contributed by atoms with E-state index in [2.05, 4.69) is 21.5 Å². The van der Waals surface area contributed by atoms with Crippen molar-refractivity contribution in [3.05, 3.63) is 35.8 Å². The van der Waals surface area contributed by atoms with Gasteiger partial charge in [-0.3, -0.25) is 14.4 Å². The van der Waals surface area contributed by atoms with Crippen molar-refractivity contribution < 1.29 is 14.6 Å². The van der Waals surface area contributed by atoms with Crippen LogP contribution in [0.15, 0.2) is 40.7 Å². The number of benzene rings is 1. The van der Waals surface area contributed by atoms with Crippen LogP contribution in [0.1, 0.15) is 27.6 Å². The maximum Gasteiger partial charge on any atom is 0.263 e. The maximum absolute atomic E-state index is 12.9. The summed E-state index contributed by atoms with van der Waals surface area (Å²) in [5.74, 6) is 0.849. The minimum Gasteiger partial charge on any atom is -0.311 e. The molecule has 1 aromatic carbocycles. The minimum absolute atomic E-state index is 0. The summed E-state index contributed by atoms with van der Waals surface area (Å²) in [5, 5.41) is 2.04. The Labute approximate surface area is 170 Å². The second-order valence-corrected chi connectivity index (χ2v) is 10.0.